The molecule has 0 aliphatic heterocycles. The highest BCUT2D eigenvalue weighted by atomic mass is 32.2. The average molecular weight is 223 g/mol. The largest absolute Gasteiger partial charge is 0.478 e. The van der Waals surface area contributed by atoms with Crippen LogP contribution in [0.3, 0.4) is 0 Å². The molecule has 1 heterocycles. The van der Waals surface area contributed by atoms with Crippen LogP contribution in [-0.4, -0.2) is 21.8 Å². The fourth-order valence-corrected chi connectivity index (χ4v) is 1.81. The first-order chi connectivity index (χ1) is 7.24. The minimum Gasteiger partial charge on any atom is -0.478 e. The van der Waals surface area contributed by atoms with Crippen molar-refractivity contribution in [3.05, 3.63) is 36.5 Å². The van der Waals surface area contributed by atoms with E-state index in [4.69, 9.17) is 5.11 Å². The molecule has 0 atom stereocenters. The Hall–Kier alpha value is -1.29. The highest BCUT2D eigenvalue weighted by Crippen LogP contribution is 2.16. The first kappa shape index (κ1) is 11.8. The molecule has 4 heteroatoms. The number of carboxylic acids is 1. The van der Waals surface area contributed by atoms with Crippen molar-refractivity contribution in [1.29, 1.82) is 0 Å². The number of rotatable bonds is 6. The van der Waals surface area contributed by atoms with Gasteiger partial charge in [-0.25, -0.2) is 9.78 Å². The lowest BCUT2D eigenvalue weighted by atomic mass is 10.3. The molecule has 1 rings (SSSR count). The Labute approximate surface area is 93.2 Å². The van der Waals surface area contributed by atoms with Crippen molar-refractivity contribution >= 4 is 17.7 Å². The maximum absolute atomic E-state index is 10.6. The minimum atomic E-state index is -0.939. The van der Waals surface area contributed by atoms with Crippen molar-refractivity contribution in [2.45, 2.75) is 17.9 Å². The first-order valence-corrected chi connectivity index (χ1v) is 5.65. The van der Waals surface area contributed by atoms with Crippen LogP contribution >= 0.6 is 11.8 Å². The van der Waals surface area contributed by atoms with E-state index in [-0.39, 0.29) is 5.56 Å². The second-order valence-corrected chi connectivity index (χ2v) is 4.08. The molecular formula is C11H13NO2S. The van der Waals surface area contributed by atoms with Gasteiger partial charge in [0.05, 0.1) is 10.6 Å². The molecule has 0 amide bonds. The maximum Gasteiger partial charge on any atom is 0.337 e. The zero-order valence-corrected chi connectivity index (χ0v) is 9.17. The van der Waals surface area contributed by atoms with Gasteiger partial charge in [0.2, 0.25) is 0 Å². The molecule has 3 nitrogen and oxygen atoms in total. The summed E-state index contributed by atoms with van der Waals surface area (Å²) in [6.07, 6.45) is 5.34. The Morgan fingerprint density at radius 2 is 2.40 bits per heavy atom. The summed E-state index contributed by atoms with van der Waals surface area (Å²) < 4.78 is 0. The van der Waals surface area contributed by atoms with Crippen LogP contribution in [0.4, 0.5) is 0 Å². The van der Waals surface area contributed by atoms with Gasteiger partial charge in [0.1, 0.15) is 0 Å². The highest BCUT2D eigenvalue weighted by molar-refractivity contribution is 7.99. The number of carboxylic acid groups (broad SMARTS) is 1. The topological polar surface area (TPSA) is 50.2 Å². The standard InChI is InChI=1S/C11H13NO2S/c1-2-3-4-7-15-10-6-5-9(8-12-10)11(13)14/h2,5-6,8H,1,3-4,7H2,(H,13,14). The van der Waals surface area contributed by atoms with Crippen molar-refractivity contribution in [3.8, 4) is 0 Å². The van der Waals surface area contributed by atoms with E-state index in [2.05, 4.69) is 11.6 Å². The molecule has 0 unspecified atom stereocenters. The monoisotopic (exact) mass is 223 g/mol. The summed E-state index contributed by atoms with van der Waals surface area (Å²) in [5, 5.41) is 9.53. The number of carbonyl (C=O) groups is 1. The molecule has 1 aromatic heterocycles. The fraction of sp³-hybridized carbons (Fsp3) is 0.273. The second kappa shape index (κ2) is 6.24. The average Bonchev–Trinajstić information content (AvgIpc) is 2.25. The maximum atomic E-state index is 10.6. The van der Waals surface area contributed by atoms with Gasteiger partial charge >= 0.3 is 5.97 Å². The summed E-state index contributed by atoms with van der Waals surface area (Å²) >= 11 is 1.63. The van der Waals surface area contributed by atoms with Crippen LogP contribution in [0.15, 0.2) is 36.0 Å². The first-order valence-electron chi connectivity index (χ1n) is 4.67. The van der Waals surface area contributed by atoms with E-state index in [9.17, 15) is 4.79 Å². The number of pyridine rings is 1. The third kappa shape index (κ3) is 4.16. The highest BCUT2D eigenvalue weighted by Gasteiger charge is 2.02. The van der Waals surface area contributed by atoms with Crippen LogP contribution < -0.4 is 0 Å². The van der Waals surface area contributed by atoms with Gasteiger partial charge in [0, 0.05) is 6.20 Å². The Morgan fingerprint density at radius 1 is 1.60 bits per heavy atom. The Morgan fingerprint density at radius 3 is 2.93 bits per heavy atom. The van der Waals surface area contributed by atoms with E-state index in [0.29, 0.717) is 0 Å². The molecule has 1 aromatic rings. The summed E-state index contributed by atoms with van der Waals surface area (Å²) in [6.45, 7) is 3.65. The van der Waals surface area contributed by atoms with E-state index in [1.807, 2.05) is 6.08 Å². The van der Waals surface area contributed by atoms with E-state index >= 15 is 0 Å². The SMILES string of the molecule is C=CCCCSc1ccc(C(=O)O)cn1. The number of nitrogens with zero attached hydrogens (tertiary/aromatic N) is 1. The van der Waals surface area contributed by atoms with Gasteiger partial charge in [-0.3, -0.25) is 0 Å². The van der Waals surface area contributed by atoms with Gasteiger partial charge < -0.3 is 5.11 Å². The molecule has 0 bridgehead atoms. The number of thioether (sulfide) groups is 1. The lowest BCUT2D eigenvalue weighted by Crippen LogP contribution is -1.96. The fourth-order valence-electron chi connectivity index (χ4n) is 0.997. The van der Waals surface area contributed by atoms with Crippen molar-refractivity contribution in [2.24, 2.45) is 0 Å². The van der Waals surface area contributed by atoms with E-state index in [0.717, 1.165) is 23.6 Å². The molecule has 0 aliphatic carbocycles. The van der Waals surface area contributed by atoms with Crippen LogP contribution in [0.25, 0.3) is 0 Å². The van der Waals surface area contributed by atoms with Gasteiger partial charge in [0.25, 0.3) is 0 Å². The van der Waals surface area contributed by atoms with Crippen molar-refractivity contribution < 1.29 is 9.90 Å². The number of aromatic nitrogens is 1. The van der Waals surface area contributed by atoms with Crippen LogP contribution in [-0.2, 0) is 0 Å². The Kier molecular flexibility index (Phi) is 4.90. The van der Waals surface area contributed by atoms with Crippen LogP contribution in [0, 0.1) is 0 Å². The second-order valence-electron chi connectivity index (χ2n) is 2.97. The molecule has 0 fully saturated rings. The molecule has 15 heavy (non-hydrogen) atoms. The molecule has 0 aromatic carbocycles. The lowest BCUT2D eigenvalue weighted by molar-refractivity contribution is 0.0696. The van der Waals surface area contributed by atoms with Gasteiger partial charge in [-0.1, -0.05) is 6.08 Å². The number of allylic oxidation sites excluding steroid dienone is 1. The predicted octanol–water partition coefficient (Wildman–Crippen LogP) is 2.84. The number of unbranched alkanes of at least 4 members (excludes halogenated alkanes) is 1. The summed E-state index contributed by atoms with van der Waals surface area (Å²) in [5.41, 5.74) is 0.227. The lowest BCUT2D eigenvalue weighted by Gasteiger charge is -1.99. The summed E-state index contributed by atoms with van der Waals surface area (Å²) in [7, 11) is 0. The zero-order valence-electron chi connectivity index (χ0n) is 8.35. The smallest absolute Gasteiger partial charge is 0.337 e. The molecule has 0 radical (unpaired) electrons. The Balaban J connectivity index is 2.42. The van der Waals surface area contributed by atoms with E-state index < -0.39 is 5.97 Å². The summed E-state index contributed by atoms with van der Waals surface area (Å²) in [5.74, 6) is 0.0385. The number of hydrogen-bond acceptors (Lipinski definition) is 3. The van der Waals surface area contributed by atoms with Gasteiger partial charge in [0.15, 0.2) is 0 Å². The normalized spacial score (nSPS) is 9.87. The third-order valence-electron chi connectivity index (χ3n) is 1.79. The molecule has 1 N–H and O–H groups in total. The quantitative estimate of drug-likeness (QED) is 0.457. The molecule has 0 saturated heterocycles. The van der Waals surface area contributed by atoms with Crippen LogP contribution in [0.1, 0.15) is 23.2 Å². The predicted molar refractivity (Wildman–Crippen MR) is 61.4 cm³/mol. The molecule has 0 aliphatic rings. The van der Waals surface area contributed by atoms with Crippen molar-refractivity contribution in [3.63, 3.8) is 0 Å². The number of hydrogen-bond donors (Lipinski definition) is 1. The molecule has 0 saturated carbocycles. The minimum absolute atomic E-state index is 0.227. The molecular weight excluding hydrogens is 210 g/mol. The molecule has 0 spiro atoms. The number of aromatic carboxylic acids is 1. The van der Waals surface area contributed by atoms with Gasteiger partial charge in [-0.15, -0.1) is 18.3 Å². The van der Waals surface area contributed by atoms with E-state index in [1.54, 1.807) is 23.9 Å². The van der Waals surface area contributed by atoms with Crippen molar-refractivity contribution in [1.82, 2.24) is 4.98 Å². The van der Waals surface area contributed by atoms with Crippen molar-refractivity contribution in [2.75, 3.05) is 5.75 Å². The summed E-state index contributed by atoms with van der Waals surface area (Å²) in [6, 6.07) is 3.31. The third-order valence-corrected chi connectivity index (χ3v) is 2.82. The summed E-state index contributed by atoms with van der Waals surface area (Å²) in [4.78, 5) is 14.6. The van der Waals surface area contributed by atoms with E-state index in [1.165, 1.54) is 6.20 Å². The Bertz CT molecular complexity index is 335. The molecule has 80 valence electrons. The van der Waals surface area contributed by atoms with Crippen LogP contribution in [0.5, 0.6) is 0 Å². The van der Waals surface area contributed by atoms with Crippen LogP contribution in [0.2, 0.25) is 0 Å². The van der Waals surface area contributed by atoms with Gasteiger partial charge in [-0.2, -0.15) is 0 Å². The van der Waals surface area contributed by atoms with Gasteiger partial charge in [-0.05, 0) is 30.7 Å². The zero-order chi connectivity index (χ0) is 11.1.